The molecule has 0 radical (unpaired) electrons. The Bertz CT molecular complexity index is 481. The molecule has 1 saturated heterocycles. The van der Waals surface area contributed by atoms with Gasteiger partial charge in [-0.1, -0.05) is 18.2 Å². The highest BCUT2D eigenvalue weighted by Gasteiger charge is 2.25. The second kappa shape index (κ2) is 9.56. The molecule has 0 spiro atoms. The van der Waals surface area contributed by atoms with Gasteiger partial charge in [0, 0.05) is 0 Å². The van der Waals surface area contributed by atoms with E-state index in [9.17, 15) is 4.79 Å². The topological polar surface area (TPSA) is 38.8 Å². The molecule has 0 unspecified atom stereocenters. The van der Waals surface area contributed by atoms with E-state index < -0.39 is 0 Å². The maximum Gasteiger partial charge on any atom is 0.309 e. The second-order valence-corrected chi connectivity index (χ2v) is 6.19. The molecule has 2 rings (SSSR count). The number of hydrogen-bond acceptors (Lipinski definition) is 4. The number of carbonyl (C=O) groups is 1. The van der Waals surface area contributed by atoms with Crippen LogP contribution >= 0.6 is 0 Å². The monoisotopic (exact) mass is 319 g/mol. The van der Waals surface area contributed by atoms with E-state index in [0.717, 1.165) is 57.7 Å². The smallest absolute Gasteiger partial charge is 0.309 e. The minimum Gasteiger partial charge on any atom is -0.493 e. The number of aryl methyl sites for hydroxylation is 1. The lowest BCUT2D eigenvalue weighted by atomic mass is 9.97. The average molecular weight is 319 g/mol. The number of para-hydroxylation sites is 1. The second-order valence-electron chi connectivity index (χ2n) is 6.19. The normalized spacial score (nSPS) is 16.3. The van der Waals surface area contributed by atoms with Crippen LogP contribution in [0.4, 0.5) is 0 Å². The molecule has 0 saturated carbocycles. The number of ether oxygens (including phenoxy) is 2. The number of likely N-dealkylation sites (tertiary alicyclic amines) is 1. The molecule has 0 aliphatic carbocycles. The van der Waals surface area contributed by atoms with E-state index in [2.05, 4.69) is 17.9 Å². The van der Waals surface area contributed by atoms with Gasteiger partial charge in [0.15, 0.2) is 0 Å². The highest BCUT2D eigenvalue weighted by atomic mass is 16.5. The predicted octanol–water partition coefficient (Wildman–Crippen LogP) is 3.43. The zero-order valence-electron chi connectivity index (χ0n) is 14.4. The van der Waals surface area contributed by atoms with Crippen LogP contribution in [0.15, 0.2) is 24.3 Å². The van der Waals surface area contributed by atoms with Gasteiger partial charge in [0.25, 0.3) is 0 Å². The van der Waals surface area contributed by atoms with Crippen LogP contribution in [0.2, 0.25) is 0 Å². The Morgan fingerprint density at radius 2 is 1.96 bits per heavy atom. The third-order valence-electron chi connectivity index (χ3n) is 4.43. The maximum atomic E-state index is 11.7. The van der Waals surface area contributed by atoms with Gasteiger partial charge in [-0.05, 0) is 70.8 Å². The molecular formula is C19H29NO3. The van der Waals surface area contributed by atoms with Gasteiger partial charge in [-0.2, -0.15) is 0 Å². The molecule has 1 aromatic carbocycles. The fourth-order valence-corrected chi connectivity index (χ4v) is 2.99. The number of benzene rings is 1. The minimum absolute atomic E-state index is 0.0150. The zero-order valence-corrected chi connectivity index (χ0v) is 14.4. The largest absolute Gasteiger partial charge is 0.493 e. The zero-order chi connectivity index (χ0) is 16.5. The summed E-state index contributed by atoms with van der Waals surface area (Å²) in [6.07, 6.45) is 4.05. The molecule has 1 heterocycles. The fraction of sp³-hybridized carbons (Fsp3) is 0.632. The Hall–Kier alpha value is -1.55. The van der Waals surface area contributed by atoms with Gasteiger partial charge in [-0.3, -0.25) is 4.79 Å². The summed E-state index contributed by atoms with van der Waals surface area (Å²) >= 11 is 0. The number of esters is 1. The number of nitrogens with zero attached hydrogens (tertiary/aromatic N) is 1. The van der Waals surface area contributed by atoms with Crippen LogP contribution in [0.1, 0.15) is 38.2 Å². The lowest BCUT2D eigenvalue weighted by Gasteiger charge is -2.30. The number of rotatable bonds is 8. The minimum atomic E-state index is -0.0150. The molecule has 0 amide bonds. The molecule has 1 aliphatic rings. The van der Waals surface area contributed by atoms with Gasteiger partial charge in [0.05, 0.1) is 19.1 Å². The van der Waals surface area contributed by atoms with Crippen molar-refractivity contribution in [2.45, 2.75) is 39.5 Å². The molecular weight excluding hydrogens is 290 g/mol. The van der Waals surface area contributed by atoms with Gasteiger partial charge in [-0.15, -0.1) is 0 Å². The van der Waals surface area contributed by atoms with Crippen molar-refractivity contribution in [2.24, 2.45) is 5.92 Å². The number of hydrogen-bond donors (Lipinski definition) is 0. The van der Waals surface area contributed by atoms with E-state index in [0.29, 0.717) is 6.61 Å². The molecule has 4 nitrogen and oxygen atoms in total. The molecule has 128 valence electrons. The first-order valence-corrected chi connectivity index (χ1v) is 8.78. The Labute approximate surface area is 139 Å². The summed E-state index contributed by atoms with van der Waals surface area (Å²) in [5, 5.41) is 0. The lowest BCUT2D eigenvalue weighted by Crippen LogP contribution is -2.37. The molecule has 23 heavy (non-hydrogen) atoms. The third-order valence-corrected chi connectivity index (χ3v) is 4.43. The van der Waals surface area contributed by atoms with E-state index in [1.807, 2.05) is 25.1 Å². The van der Waals surface area contributed by atoms with Crippen LogP contribution in [0.5, 0.6) is 5.75 Å². The number of unbranched alkanes of at least 4 members (excludes halogenated alkanes) is 1. The molecule has 1 aromatic rings. The van der Waals surface area contributed by atoms with E-state index in [1.54, 1.807) is 0 Å². The van der Waals surface area contributed by atoms with Crippen LogP contribution in [-0.4, -0.2) is 43.7 Å². The molecule has 1 fully saturated rings. The summed E-state index contributed by atoms with van der Waals surface area (Å²) in [5.74, 6) is 1.08. The highest BCUT2D eigenvalue weighted by Crippen LogP contribution is 2.19. The van der Waals surface area contributed by atoms with E-state index in [1.165, 1.54) is 5.56 Å². The van der Waals surface area contributed by atoms with Crippen molar-refractivity contribution in [1.82, 2.24) is 4.90 Å². The summed E-state index contributed by atoms with van der Waals surface area (Å²) < 4.78 is 10.9. The van der Waals surface area contributed by atoms with Crippen molar-refractivity contribution in [3.63, 3.8) is 0 Å². The molecule has 4 heteroatoms. The van der Waals surface area contributed by atoms with Crippen molar-refractivity contribution in [2.75, 3.05) is 32.8 Å². The molecule has 0 bridgehead atoms. The van der Waals surface area contributed by atoms with E-state index in [4.69, 9.17) is 9.47 Å². The third kappa shape index (κ3) is 5.87. The van der Waals surface area contributed by atoms with Gasteiger partial charge in [0.1, 0.15) is 5.75 Å². The summed E-state index contributed by atoms with van der Waals surface area (Å²) in [4.78, 5) is 14.2. The van der Waals surface area contributed by atoms with Crippen molar-refractivity contribution >= 4 is 5.97 Å². The van der Waals surface area contributed by atoms with E-state index in [-0.39, 0.29) is 11.9 Å². The number of piperidine rings is 1. The van der Waals surface area contributed by atoms with Gasteiger partial charge < -0.3 is 14.4 Å². The first-order valence-electron chi connectivity index (χ1n) is 8.78. The first kappa shape index (κ1) is 17.8. The van der Waals surface area contributed by atoms with Crippen LogP contribution in [0, 0.1) is 12.8 Å². The Kier molecular flexibility index (Phi) is 7.40. The van der Waals surface area contributed by atoms with Crippen LogP contribution < -0.4 is 4.74 Å². The Morgan fingerprint density at radius 1 is 1.22 bits per heavy atom. The number of carbonyl (C=O) groups excluding carboxylic acids is 1. The van der Waals surface area contributed by atoms with Crippen LogP contribution in [0.25, 0.3) is 0 Å². The summed E-state index contributed by atoms with van der Waals surface area (Å²) in [6, 6.07) is 8.14. The van der Waals surface area contributed by atoms with Gasteiger partial charge in [0.2, 0.25) is 0 Å². The summed E-state index contributed by atoms with van der Waals surface area (Å²) in [6.45, 7) is 8.29. The molecule has 1 aliphatic heterocycles. The molecule has 0 aromatic heterocycles. The van der Waals surface area contributed by atoms with Crippen molar-refractivity contribution in [3.05, 3.63) is 29.8 Å². The Balaban J connectivity index is 1.56. The van der Waals surface area contributed by atoms with Crippen LogP contribution in [0.3, 0.4) is 0 Å². The summed E-state index contributed by atoms with van der Waals surface area (Å²) in [5.41, 5.74) is 1.19. The quantitative estimate of drug-likeness (QED) is 0.543. The van der Waals surface area contributed by atoms with Crippen molar-refractivity contribution < 1.29 is 14.3 Å². The SMILES string of the molecule is CCOC(=O)C1CCN(CCCCOc2ccccc2C)CC1. The predicted molar refractivity (Wildman–Crippen MR) is 91.7 cm³/mol. The summed E-state index contributed by atoms with van der Waals surface area (Å²) in [7, 11) is 0. The lowest BCUT2D eigenvalue weighted by molar-refractivity contribution is -0.149. The van der Waals surface area contributed by atoms with Gasteiger partial charge in [-0.25, -0.2) is 0 Å². The maximum absolute atomic E-state index is 11.7. The highest BCUT2D eigenvalue weighted by molar-refractivity contribution is 5.72. The average Bonchev–Trinajstić information content (AvgIpc) is 2.57. The van der Waals surface area contributed by atoms with Crippen molar-refractivity contribution in [1.29, 1.82) is 0 Å². The first-order chi connectivity index (χ1) is 11.2. The Morgan fingerprint density at radius 3 is 2.65 bits per heavy atom. The molecule has 0 atom stereocenters. The molecule has 0 N–H and O–H groups in total. The standard InChI is InChI=1S/C19H29NO3/c1-3-22-19(21)17-10-13-20(14-11-17)12-6-7-15-23-18-9-5-4-8-16(18)2/h4-5,8-9,17H,3,6-7,10-15H2,1-2H3. The van der Waals surface area contributed by atoms with E-state index >= 15 is 0 Å². The fourth-order valence-electron chi connectivity index (χ4n) is 2.99. The van der Waals surface area contributed by atoms with Crippen molar-refractivity contribution in [3.8, 4) is 5.75 Å². The van der Waals surface area contributed by atoms with Crippen LogP contribution in [-0.2, 0) is 9.53 Å². The van der Waals surface area contributed by atoms with Gasteiger partial charge >= 0.3 is 5.97 Å².